The summed E-state index contributed by atoms with van der Waals surface area (Å²) in [6.07, 6.45) is 0.423. The highest BCUT2D eigenvalue weighted by atomic mass is 79.9. The van der Waals surface area contributed by atoms with Crippen molar-refractivity contribution >= 4 is 84.9 Å². The Labute approximate surface area is 456 Å². The molecule has 0 saturated carbocycles. The van der Waals surface area contributed by atoms with Crippen LogP contribution in [0.5, 0.6) is 0 Å². The van der Waals surface area contributed by atoms with E-state index in [2.05, 4.69) is 36.9 Å². The molecule has 0 spiro atoms. The lowest BCUT2D eigenvalue weighted by molar-refractivity contribution is -0.131. The van der Waals surface area contributed by atoms with Crippen molar-refractivity contribution in [1.82, 2.24) is 44.9 Å². The molecule has 0 aliphatic rings. The molecular formula is C54H69BrCl2N10O8. The molecule has 6 aromatic rings. The van der Waals surface area contributed by atoms with E-state index in [9.17, 15) is 28.8 Å². The third-order valence-corrected chi connectivity index (χ3v) is 11.8. The Morgan fingerprint density at radius 2 is 1.04 bits per heavy atom. The van der Waals surface area contributed by atoms with Crippen LogP contribution in [0.2, 0.25) is 10.0 Å². The number of ether oxygens (including phenoxy) is 2. The van der Waals surface area contributed by atoms with Gasteiger partial charge >= 0.3 is 12.2 Å². The summed E-state index contributed by atoms with van der Waals surface area (Å²) in [5.74, 6) is 0.199. The first kappa shape index (κ1) is 61.2. The second-order valence-electron chi connectivity index (χ2n) is 19.6. The quantitative estimate of drug-likeness (QED) is 0.0532. The van der Waals surface area contributed by atoms with Gasteiger partial charge in [-0.3, -0.25) is 33.6 Å². The topological polar surface area (TPSA) is 225 Å². The SMILES string of the molecule is CC(C)(C)OC(=O)NCCCN.CN(C)C(=O)C(Br)c1nc2cc(Cl)ccc2c(=O)n1Cc1ccccc1.CN(C)C(=O)C(NCCCNC(=O)OC(C)(C)C)c1nc2cc(Cl)ccc2c(=O)n1Cc1ccccc1. The monoisotopic (exact) mass is 1130 g/mol. The summed E-state index contributed by atoms with van der Waals surface area (Å²) in [6, 6.07) is 28.1. The number of likely N-dealkylation sites (N-methyl/N-ethyl adjacent to an activating group) is 2. The van der Waals surface area contributed by atoms with Gasteiger partial charge in [0.15, 0.2) is 4.83 Å². The molecule has 2 aromatic heterocycles. The fraction of sp³-hybridized carbons (Fsp3) is 0.407. The van der Waals surface area contributed by atoms with E-state index in [1.165, 1.54) is 18.9 Å². The number of hydrogen-bond donors (Lipinski definition) is 4. The van der Waals surface area contributed by atoms with Crippen molar-refractivity contribution in [3.05, 3.63) is 151 Å². The van der Waals surface area contributed by atoms with Crippen molar-refractivity contribution in [1.29, 1.82) is 0 Å². The minimum Gasteiger partial charge on any atom is -0.444 e. The second-order valence-corrected chi connectivity index (χ2v) is 21.4. The molecule has 0 aliphatic carbocycles. The number of halogens is 3. The third kappa shape index (κ3) is 19.4. The van der Waals surface area contributed by atoms with Crippen molar-refractivity contribution in [3.8, 4) is 0 Å². The van der Waals surface area contributed by atoms with Crippen molar-refractivity contribution < 1.29 is 28.7 Å². The minimum absolute atomic E-state index is 0.194. The normalized spacial score (nSPS) is 12.0. The van der Waals surface area contributed by atoms with Crippen molar-refractivity contribution in [2.75, 3.05) is 54.4 Å². The first-order valence-corrected chi connectivity index (χ1v) is 25.9. The molecule has 5 N–H and O–H groups in total. The smallest absolute Gasteiger partial charge is 0.407 e. The average molecular weight is 1140 g/mol. The number of nitrogens with zero attached hydrogens (tertiary/aromatic N) is 6. The van der Waals surface area contributed by atoms with Crippen LogP contribution in [0.3, 0.4) is 0 Å². The molecule has 4 amide bonds. The second kappa shape index (κ2) is 28.5. The molecule has 0 aliphatic heterocycles. The number of carbonyl (C=O) groups is 4. The van der Waals surface area contributed by atoms with Gasteiger partial charge in [0.1, 0.15) is 28.9 Å². The molecule has 0 radical (unpaired) electrons. The standard InChI is InChI=1S/C27H34ClN5O4.C19H17BrClN3O2.C8H18N2O2/c1-27(2,3)37-26(36)30-15-9-14-29-22(25(35)32(4)5)23-31-21-16-19(28)12-13-20(21)24(34)33(23)17-18-10-7-6-8-11-18;1-23(2)19(26)16(20)17-22-15-10-13(21)8-9-14(15)18(25)24(17)11-12-6-4-3-5-7-12;1-8(2,3)12-7(11)10-6-4-5-9/h6-8,10-13,16,22,29H,9,14-15,17H2,1-5H3,(H,30,36);3-10,16H,11H2,1-2H3;4-6,9H2,1-3H3,(H,10,11). The summed E-state index contributed by atoms with van der Waals surface area (Å²) in [5, 5.41) is 10.4. The molecule has 0 fully saturated rings. The van der Waals surface area contributed by atoms with Crippen LogP contribution in [0.25, 0.3) is 21.8 Å². The largest absolute Gasteiger partial charge is 0.444 e. The maximum Gasteiger partial charge on any atom is 0.407 e. The van der Waals surface area contributed by atoms with Crippen LogP contribution in [0.15, 0.2) is 107 Å². The number of alkyl halides is 1. The van der Waals surface area contributed by atoms with Gasteiger partial charge in [0.2, 0.25) is 11.8 Å². The van der Waals surface area contributed by atoms with Crippen molar-refractivity contribution in [3.63, 3.8) is 0 Å². The molecule has 0 bridgehead atoms. The van der Waals surface area contributed by atoms with Gasteiger partial charge in [0.25, 0.3) is 11.1 Å². The van der Waals surface area contributed by atoms with Crippen molar-refractivity contribution in [2.24, 2.45) is 5.73 Å². The molecule has 75 heavy (non-hydrogen) atoms. The van der Waals surface area contributed by atoms with Crippen LogP contribution in [0.1, 0.15) is 88.0 Å². The zero-order valence-electron chi connectivity index (χ0n) is 44.2. The lowest BCUT2D eigenvalue weighted by Crippen LogP contribution is -2.42. The van der Waals surface area contributed by atoms with E-state index in [1.54, 1.807) is 85.4 Å². The molecule has 2 heterocycles. The number of nitrogens with two attached hydrogens (primary N) is 1. The number of nitrogens with one attached hydrogen (secondary N) is 3. The summed E-state index contributed by atoms with van der Waals surface area (Å²) < 4.78 is 13.3. The molecule has 21 heteroatoms. The Morgan fingerprint density at radius 3 is 1.45 bits per heavy atom. The molecule has 18 nitrogen and oxygen atoms in total. The van der Waals surface area contributed by atoms with Gasteiger partial charge < -0.3 is 35.6 Å². The molecule has 4 aromatic carbocycles. The van der Waals surface area contributed by atoms with Gasteiger partial charge in [-0.25, -0.2) is 19.6 Å². The van der Waals surface area contributed by atoms with Gasteiger partial charge in [0.05, 0.1) is 34.9 Å². The maximum atomic E-state index is 13.6. The Hall–Kier alpha value is -6.38. The molecular weight excluding hydrogens is 1070 g/mol. The van der Waals surface area contributed by atoms with Gasteiger partial charge in [-0.1, -0.05) is 99.8 Å². The predicted octanol–water partition coefficient (Wildman–Crippen LogP) is 8.21. The Balaban J connectivity index is 0.000000276. The minimum atomic E-state index is -0.892. The molecule has 6 rings (SSSR count). The van der Waals surface area contributed by atoms with Crippen LogP contribution < -0.4 is 32.8 Å². The highest BCUT2D eigenvalue weighted by molar-refractivity contribution is 9.09. The highest BCUT2D eigenvalue weighted by Crippen LogP contribution is 2.26. The summed E-state index contributed by atoms with van der Waals surface area (Å²) in [5.41, 5.74) is 6.51. The van der Waals surface area contributed by atoms with E-state index in [0.29, 0.717) is 82.6 Å². The highest BCUT2D eigenvalue weighted by Gasteiger charge is 2.29. The Kier molecular flexibility index (Phi) is 23.2. The van der Waals surface area contributed by atoms with E-state index >= 15 is 0 Å². The van der Waals surface area contributed by atoms with Crippen LogP contribution in [-0.2, 0) is 32.2 Å². The lowest BCUT2D eigenvalue weighted by atomic mass is 10.1. The molecule has 404 valence electrons. The zero-order chi connectivity index (χ0) is 55.6. The van der Waals surface area contributed by atoms with Crippen LogP contribution in [0, 0.1) is 0 Å². The van der Waals surface area contributed by atoms with E-state index in [4.69, 9.17) is 43.4 Å². The van der Waals surface area contributed by atoms with E-state index in [-0.39, 0.29) is 35.6 Å². The number of carbonyl (C=O) groups excluding carboxylic acids is 4. The number of rotatable bonds is 16. The maximum absolute atomic E-state index is 13.6. The Morgan fingerprint density at radius 1 is 0.627 bits per heavy atom. The van der Waals surface area contributed by atoms with Gasteiger partial charge in [0, 0.05) is 51.3 Å². The van der Waals surface area contributed by atoms with E-state index in [0.717, 1.165) is 17.5 Å². The van der Waals surface area contributed by atoms with Gasteiger partial charge in [-0.2, -0.15) is 0 Å². The van der Waals surface area contributed by atoms with Gasteiger partial charge in [-0.15, -0.1) is 0 Å². The number of fused-ring (bicyclic) bond motifs is 2. The number of alkyl carbamates (subject to hydrolysis) is 2. The van der Waals surface area contributed by atoms with Crippen LogP contribution >= 0.6 is 39.1 Å². The van der Waals surface area contributed by atoms with Crippen LogP contribution in [-0.4, -0.2) is 118 Å². The fourth-order valence-corrected chi connectivity index (χ4v) is 8.10. The summed E-state index contributed by atoms with van der Waals surface area (Å²) >= 11 is 15.6. The Bertz CT molecular complexity index is 3000. The van der Waals surface area contributed by atoms with E-state index in [1.807, 2.05) is 81.4 Å². The lowest BCUT2D eigenvalue weighted by Gasteiger charge is -2.25. The molecule has 0 saturated heterocycles. The summed E-state index contributed by atoms with van der Waals surface area (Å²) in [4.78, 5) is 86.8. The molecule has 2 atom stereocenters. The van der Waals surface area contributed by atoms with Gasteiger partial charge in [-0.05, 0) is 115 Å². The van der Waals surface area contributed by atoms with Crippen LogP contribution in [0.4, 0.5) is 9.59 Å². The average Bonchev–Trinajstić information content (AvgIpc) is 3.33. The number of hydrogen-bond acceptors (Lipinski definition) is 12. The number of aromatic nitrogens is 4. The first-order chi connectivity index (χ1) is 35.3. The fourth-order valence-electron chi connectivity index (χ4n) is 7.00. The number of amides is 4. The molecule has 2 unspecified atom stereocenters. The summed E-state index contributed by atoms with van der Waals surface area (Å²) in [7, 11) is 6.62. The summed E-state index contributed by atoms with van der Waals surface area (Å²) in [6.45, 7) is 13.3. The third-order valence-electron chi connectivity index (χ3n) is 10.5. The predicted molar refractivity (Wildman–Crippen MR) is 300 cm³/mol. The number of benzene rings is 4. The van der Waals surface area contributed by atoms with Crippen molar-refractivity contribution in [2.45, 2.75) is 89.5 Å². The van der Waals surface area contributed by atoms with E-state index < -0.39 is 28.2 Å². The zero-order valence-corrected chi connectivity index (χ0v) is 47.3. The first-order valence-electron chi connectivity index (χ1n) is 24.2.